The largest absolute Gasteiger partial charge is 0.396 e. The van der Waals surface area contributed by atoms with Gasteiger partial charge in [0.2, 0.25) is 0 Å². The first kappa shape index (κ1) is 16.3. The summed E-state index contributed by atoms with van der Waals surface area (Å²) in [6.07, 6.45) is 6.09. The molecule has 0 aromatic carbocycles. The maximum atomic E-state index is 11.1. The Labute approximate surface area is 121 Å². The SMILES string of the molecule is CC(C)CCCCCCNc1nc(C(N)=O)ccc1N. The van der Waals surface area contributed by atoms with Crippen LogP contribution in [0.5, 0.6) is 0 Å². The van der Waals surface area contributed by atoms with Crippen molar-refractivity contribution in [2.45, 2.75) is 46.0 Å². The monoisotopic (exact) mass is 278 g/mol. The lowest BCUT2D eigenvalue weighted by Crippen LogP contribution is -2.15. The fourth-order valence-corrected chi connectivity index (χ4v) is 1.99. The maximum Gasteiger partial charge on any atom is 0.267 e. The quantitative estimate of drug-likeness (QED) is 0.605. The fraction of sp³-hybridized carbons (Fsp3) is 0.600. The number of pyridine rings is 1. The number of nitrogen functional groups attached to an aromatic ring is 1. The number of carbonyl (C=O) groups is 1. The lowest BCUT2D eigenvalue weighted by atomic mass is 10.0. The van der Waals surface area contributed by atoms with Crippen molar-refractivity contribution in [2.24, 2.45) is 11.7 Å². The molecule has 0 saturated heterocycles. The van der Waals surface area contributed by atoms with Crippen LogP contribution in [-0.4, -0.2) is 17.4 Å². The number of rotatable bonds is 9. The third-order valence-electron chi connectivity index (χ3n) is 3.18. The Morgan fingerprint density at radius 3 is 2.60 bits per heavy atom. The van der Waals surface area contributed by atoms with E-state index in [0.717, 1.165) is 18.9 Å². The van der Waals surface area contributed by atoms with E-state index in [9.17, 15) is 4.79 Å². The van der Waals surface area contributed by atoms with Crippen LogP contribution in [0.15, 0.2) is 12.1 Å². The molecule has 5 heteroatoms. The van der Waals surface area contributed by atoms with Crippen LogP contribution in [0.4, 0.5) is 11.5 Å². The average Bonchev–Trinajstić information content (AvgIpc) is 2.38. The highest BCUT2D eigenvalue weighted by Crippen LogP contribution is 2.16. The summed E-state index contributed by atoms with van der Waals surface area (Å²) in [6, 6.07) is 3.19. The van der Waals surface area contributed by atoms with Gasteiger partial charge in [0.1, 0.15) is 11.5 Å². The first-order chi connectivity index (χ1) is 9.50. The smallest absolute Gasteiger partial charge is 0.267 e. The van der Waals surface area contributed by atoms with E-state index in [1.165, 1.54) is 31.7 Å². The van der Waals surface area contributed by atoms with Crippen LogP contribution in [0.3, 0.4) is 0 Å². The van der Waals surface area contributed by atoms with Gasteiger partial charge in [-0.2, -0.15) is 0 Å². The Morgan fingerprint density at radius 2 is 1.95 bits per heavy atom. The van der Waals surface area contributed by atoms with Crippen molar-refractivity contribution < 1.29 is 4.79 Å². The molecule has 112 valence electrons. The minimum Gasteiger partial charge on any atom is -0.396 e. The van der Waals surface area contributed by atoms with Crippen LogP contribution in [0.25, 0.3) is 0 Å². The van der Waals surface area contributed by atoms with Crippen LogP contribution in [0.1, 0.15) is 56.4 Å². The zero-order valence-electron chi connectivity index (χ0n) is 12.5. The zero-order chi connectivity index (χ0) is 15.0. The van der Waals surface area contributed by atoms with Gasteiger partial charge in [0.15, 0.2) is 0 Å². The van der Waals surface area contributed by atoms with Crippen molar-refractivity contribution in [3.05, 3.63) is 17.8 Å². The third-order valence-corrected chi connectivity index (χ3v) is 3.18. The van der Waals surface area contributed by atoms with Crippen molar-refractivity contribution in [2.75, 3.05) is 17.6 Å². The zero-order valence-corrected chi connectivity index (χ0v) is 12.5. The van der Waals surface area contributed by atoms with Gasteiger partial charge >= 0.3 is 0 Å². The van der Waals surface area contributed by atoms with Gasteiger partial charge in [-0.15, -0.1) is 0 Å². The summed E-state index contributed by atoms with van der Waals surface area (Å²) in [5.74, 6) is 0.791. The Balaban J connectivity index is 2.28. The number of hydrogen-bond donors (Lipinski definition) is 3. The molecule has 1 aromatic rings. The van der Waals surface area contributed by atoms with E-state index in [0.29, 0.717) is 11.5 Å². The first-order valence-electron chi connectivity index (χ1n) is 7.31. The lowest BCUT2D eigenvalue weighted by Gasteiger charge is -2.09. The van der Waals surface area contributed by atoms with Crippen LogP contribution >= 0.6 is 0 Å². The minimum atomic E-state index is -0.540. The number of primary amides is 1. The normalized spacial score (nSPS) is 10.8. The highest BCUT2D eigenvalue weighted by Gasteiger charge is 2.06. The lowest BCUT2D eigenvalue weighted by molar-refractivity contribution is 0.0996. The Hall–Kier alpha value is -1.78. The maximum absolute atomic E-state index is 11.1. The van der Waals surface area contributed by atoms with Gasteiger partial charge in [-0.25, -0.2) is 4.98 Å². The van der Waals surface area contributed by atoms with Crippen molar-refractivity contribution in [1.29, 1.82) is 0 Å². The van der Waals surface area contributed by atoms with E-state index < -0.39 is 5.91 Å². The molecule has 5 nitrogen and oxygen atoms in total. The van der Waals surface area contributed by atoms with Crippen LogP contribution < -0.4 is 16.8 Å². The predicted octanol–water partition coefficient (Wildman–Crippen LogP) is 2.78. The Bertz CT molecular complexity index is 432. The summed E-state index contributed by atoms with van der Waals surface area (Å²) < 4.78 is 0. The molecule has 0 atom stereocenters. The highest BCUT2D eigenvalue weighted by atomic mass is 16.1. The van der Waals surface area contributed by atoms with Gasteiger partial charge in [-0.1, -0.05) is 39.5 Å². The summed E-state index contributed by atoms with van der Waals surface area (Å²) in [4.78, 5) is 15.2. The molecule has 0 aliphatic rings. The molecular weight excluding hydrogens is 252 g/mol. The molecule has 0 saturated carbocycles. The number of nitrogens with zero attached hydrogens (tertiary/aromatic N) is 1. The van der Waals surface area contributed by atoms with Crippen molar-refractivity contribution in [3.63, 3.8) is 0 Å². The third kappa shape index (κ3) is 5.91. The Morgan fingerprint density at radius 1 is 1.25 bits per heavy atom. The summed E-state index contributed by atoms with van der Waals surface area (Å²) in [6.45, 7) is 5.31. The molecule has 0 fully saturated rings. The molecule has 1 aromatic heterocycles. The first-order valence-corrected chi connectivity index (χ1v) is 7.31. The van der Waals surface area contributed by atoms with Crippen LogP contribution in [-0.2, 0) is 0 Å². The molecule has 0 aliphatic carbocycles. The van der Waals surface area contributed by atoms with Gasteiger partial charge < -0.3 is 16.8 Å². The number of hydrogen-bond acceptors (Lipinski definition) is 4. The van der Waals surface area contributed by atoms with Gasteiger partial charge in [0.25, 0.3) is 5.91 Å². The summed E-state index contributed by atoms with van der Waals surface area (Å²) in [5, 5.41) is 3.16. The molecule has 0 aliphatic heterocycles. The molecule has 1 heterocycles. The number of anilines is 2. The fourth-order valence-electron chi connectivity index (χ4n) is 1.99. The molecule has 0 unspecified atom stereocenters. The molecule has 1 amide bonds. The van der Waals surface area contributed by atoms with E-state index in [1.807, 2.05) is 0 Å². The summed E-state index contributed by atoms with van der Waals surface area (Å²) in [5.41, 5.74) is 11.8. The van der Waals surface area contributed by atoms with Gasteiger partial charge in [0, 0.05) is 6.54 Å². The summed E-state index contributed by atoms with van der Waals surface area (Å²) in [7, 11) is 0. The molecule has 5 N–H and O–H groups in total. The Kier molecular flexibility index (Phi) is 6.84. The van der Waals surface area contributed by atoms with Crippen LogP contribution in [0.2, 0.25) is 0 Å². The number of nitrogens with one attached hydrogen (secondary N) is 1. The predicted molar refractivity (Wildman–Crippen MR) is 83.6 cm³/mol. The van der Waals surface area contributed by atoms with Crippen molar-refractivity contribution in [3.8, 4) is 0 Å². The number of unbranched alkanes of at least 4 members (excludes halogenated alkanes) is 3. The van der Waals surface area contributed by atoms with E-state index in [2.05, 4.69) is 24.1 Å². The number of carbonyl (C=O) groups excluding carboxylic acids is 1. The number of amides is 1. The summed E-state index contributed by atoms with van der Waals surface area (Å²) >= 11 is 0. The molecular formula is C15H26N4O. The average molecular weight is 278 g/mol. The van der Waals surface area contributed by atoms with E-state index in [-0.39, 0.29) is 5.69 Å². The molecule has 20 heavy (non-hydrogen) atoms. The highest BCUT2D eigenvalue weighted by molar-refractivity contribution is 5.91. The molecule has 0 radical (unpaired) electrons. The van der Waals surface area contributed by atoms with E-state index >= 15 is 0 Å². The molecule has 0 bridgehead atoms. The standard InChI is InChI=1S/C15H26N4O/c1-11(2)7-5-3-4-6-10-18-15-12(16)8-9-13(19-15)14(17)20/h8-9,11H,3-7,10,16H2,1-2H3,(H2,17,20)(H,18,19). The topological polar surface area (TPSA) is 94.0 Å². The van der Waals surface area contributed by atoms with Gasteiger partial charge in [-0.05, 0) is 24.5 Å². The van der Waals surface area contributed by atoms with Gasteiger partial charge in [0.05, 0.1) is 5.69 Å². The van der Waals surface area contributed by atoms with E-state index in [4.69, 9.17) is 11.5 Å². The second-order valence-corrected chi connectivity index (χ2v) is 5.52. The second kappa shape index (κ2) is 8.40. The van der Waals surface area contributed by atoms with Crippen LogP contribution in [0, 0.1) is 5.92 Å². The van der Waals surface area contributed by atoms with Gasteiger partial charge in [-0.3, -0.25) is 4.79 Å². The van der Waals surface area contributed by atoms with Crippen molar-refractivity contribution in [1.82, 2.24) is 4.98 Å². The van der Waals surface area contributed by atoms with Crippen molar-refractivity contribution >= 4 is 17.4 Å². The number of aromatic nitrogens is 1. The minimum absolute atomic E-state index is 0.235. The molecule has 0 spiro atoms. The second-order valence-electron chi connectivity index (χ2n) is 5.52. The number of nitrogens with two attached hydrogens (primary N) is 2. The molecule has 1 rings (SSSR count). The van der Waals surface area contributed by atoms with E-state index in [1.54, 1.807) is 6.07 Å².